The standard InChI is InChI=1S/C10H13ClN2O/c1-13(2,3)12-10(14)8-4-6-9(11)7-5-8/h4-7H,1-3H3. The topological polar surface area (TPSA) is 35.4 Å². The Morgan fingerprint density at radius 2 is 1.71 bits per heavy atom. The first-order valence-electron chi connectivity index (χ1n) is 4.23. The normalized spacial score (nSPS) is 13.0. The molecule has 0 fully saturated rings. The van der Waals surface area contributed by atoms with Crippen LogP contribution >= 0.6 is 11.6 Å². The van der Waals surface area contributed by atoms with Crippen LogP contribution < -0.4 is 5.11 Å². The van der Waals surface area contributed by atoms with Crippen LogP contribution in [0.2, 0.25) is 5.02 Å². The maximum absolute atomic E-state index is 11.5. The van der Waals surface area contributed by atoms with Gasteiger partial charge in [-0.15, -0.1) is 0 Å². The Balaban J connectivity index is 2.95. The third-order valence-corrected chi connectivity index (χ3v) is 1.73. The van der Waals surface area contributed by atoms with Gasteiger partial charge in [0.05, 0.1) is 27.0 Å². The molecule has 0 saturated carbocycles. The highest BCUT2D eigenvalue weighted by molar-refractivity contribution is 6.30. The van der Waals surface area contributed by atoms with Crippen LogP contribution in [0.1, 0.15) is 5.56 Å². The van der Waals surface area contributed by atoms with Crippen molar-refractivity contribution < 1.29 is 9.70 Å². The molecule has 0 radical (unpaired) electrons. The molecule has 4 heteroatoms. The lowest BCUT2D eigenvalue weighted by atomic mass is 10.2. The highest BCUT2D eigenvalue weighted by Crippen LogP contribution is 2.09. The molecule has 0 spiro atoms. The van der Waals surface area contributed by atoms with Crippen molar-refractivity contribution in [2.24, 2.45) is 5.10 Å². The molecule has 1 aromatic rings. The number of quaternary nitrogens is 1. The van der Waals surface area contributed by atoms with Crippen molar-refractivity contribution in [2.45, 2.75) is 0 Å². The van der Waals surface area contributed by atoms with Crippen LogP contribution in [-0.2, 0) is 0 Å². The summed E-state index contributed by atoms with van der Waals surface area (Å²) in [6.07, 6.45) is 0. The minimum absolute atomic E-state index is 0.228. The molecule has 0 heterocycles. The summed E-state index contributed by atoms with van der Waals surface area (Å²) in [7, 11) is 5.48. The van der Waals surface area contributed by atoms with E-state index in [9.17, 15) is 5.11 Å². The predicted octanol–water partition coefficient (Wildman–Crippen LogP) is 1.07. The van der Waals surface area contributed by atoms with E-state index in [1.807, 2.05) is 21.1 Å². The van der Waals surface area contributed by atoms with Gasteiger partial charge in [0.1, 0.15) is 0 Å². The van der Waals surface area contributed by atoms with Crippen molar-refractivity contribution in [3.63, 3.8) is 0 Å². The molecule has 0 atom stereocenters. The summed E-state index contributed by atoms with van der Waals surface area (Å²) in [5.74, 6) is -0.228. The third-order valence-electron chi connectivity index (χ3n) is 1.48. The van der Waals surface area contributed by atoms with Crippen molar-refractivity contribution in [1.82, 2.24) is 0 Å². The summed E-state index contributed by atoms with van der Waals surface area (Å²) in [5, 5.41) is 16.1. The summed E-state index contributed by atoms with van der Waals surface area (Å²) in [5.41, 5.74) is 0.558. The molecule has 0 aliphatic carbocycles. The number of hydrogen-bond donors (Lipinski definition) is 0. The van der Waals surface area contributed by atoms with Gasteiger partial charge in [0.15, 0.2) is 0 Å². The fraction of sp³-hybridized carbons (Fsp3) is 0.300. The molecule has 0 unspecified atom stereocenters. The Kier molecular flexibility index (Phi) is 3.13. The summed E-state index contributed by atoms with van der Waals surface area (Å²) in [6, 6.07) is 6.70. The van der Waals surface area contributed by atoms with E-state index >= 15 is 0 Å². The smallest absolute Gasteiger partial charge is 0.0923 e. The van der Waals surface area contributed by atoms with Crippen LogP contribution in [0.4, 0.5) is 0 Å². The van der Waals surface area contributed by atoms with Gasteiger partial charge in [-0.05, 0) is 17.7 Å². The highest BCUT2D eigenvalue weighted by Gasteiger charge is 2.03. The zero-order valence-corrected chi connectivity index (χ0v) is 9.25. The second-order valence-electron chi connectivity index (χ2n) is 3.85. The van der Waals surface area contributed by atoms with E-state index in [2.05, 4.69) is 5.10 Å². The molecule has 76 valence electrons. The van der Waals surface area contributed by atoms with Crippen LogP contribution in [0.15, 0.2) is 29.4 Å². The molecule has 14 heavy (non-hydrogen) atoms. The molecule has 1 aromatic carbocycles. The van der Waals surface area contributed by atoms with E-state index in [4.69, 9.17) is 11.6 Å². The van der Waals surface area contributed by atoms with Gasteiger partial charge in [-0.25, -0.2) is 4.59 Å². The molecule has 1 rings (SSSR count). The van der Waals surface area contributed by atoms with Crippen LogP contribution in [0.5, 0.6) is 0 Å². The minimum Gasteiger partial charge on any atom is -0.855 e. The largest absolute Gasteiger partial charge is 0.855 e. The fourth-order valence-corrected chi connectivity index (χ4v) is 1.05. The summed E-state index contributed by atoms with van der Waals surface area (Å²) in [4.78, 5) is 0. The molecular formula is C10H13ClN2O. The second kappa shape index (κ2) is 3.98. The summed E-state index contributed by atoms with van der Waals surface area (Å²) < 4.78 is 0.265. The van der Waals surface area contributed by atoms with Crippen LogP contribution in [0, 0.1) is 0 Å². The van der Waals surface area contributed by atoms with E-state index in [1.54, 1.807) is 24.3 Å². The zero-order valence-electron chi connectivity index (χ0n) is 8.49. The Morgan fingerprint density at radius 1 is 1.21 bits per heavy atom. The first-order chi connectivity index (χ1) is 6.38. The van der Waals surface area contributed by atoms with Crippen LogP contribution in [-0.4, -0.2) is 31.6 Å². The lowest BCUT2D eigenvalue weighted by Gasteiger charge is -2.20. The molecule has 0 amide bonds. The number of nitrogens with zero attached hydrogens (tertiary/aromatic N) is 2. The maximum atomic E-state index is 11.5. The van der Waals surface area contributed by atoms with Crippen molar-refractivity contribution in [1.29, 1.82) is 0 Å². The Morgan fingerprint density at radius 3 is 2.14 bits per heavy atom. The van der Waals surface area contributed by atoms with Gasteiger partial charge < -0.3 is 5.11 Å². The molecule has 0 bridgehead atoms. The number of halogens is 1. The monoisotopic (exact) mass is 212 g/mol. The first-order valence-corrected chi connectivity index (χ1v) is 4.61. The molecule has 0 saturated heterocycles. The Hall–Kier alpha value is -1.06. The van der Waals surface area contributed by atoms with Gasteiger partial charge in [0.25, 0.3) is 0 Å². The Labute approximate surface area is 88.8 Å². The maximum Gasteiger partial charge on any atom is 0.0923 e. The molecule has 0 aromatic heterocycles. The minimum atomic E-state index is -0.228. The lowest BCUT2D eigenvalue weighted by molar-refractivity contribution is -0.878. The quantitative estimate of drug-likeness (QED) is 0.313. The first kappa shape index (κ1) is 11.0. The molecule has 0 N–H and O–H groups in total. The SMILES string of the molecule is C[N+](C)(C)N=C([O-])c1ccc(Cl)cc1. The van der Waals surface area contributed by atoms with Gasteiger partial charge in [-0.2, -0.15) is 0 Å². The van der Waals surface area contributed by atoms with E-state index in [-0.39, 0.29) is 10.5 Å². The highest BCUT2D eigenvalue weighted by atomic mass is 35.5. The fourth-order valence-electron chi connectivity index (χ4n) is 0.923. The average molecular weight is 213 g/mol. The van der Waals surface area contributed by atoms with E-state index in [1.165, 1.54) is 0 Å². The molecule has 0 aliphatic heterocycles. The molecular weight excluding hydrogens is 200 g/mol. The number of rotatable bonds is 2. The average Bonchev–Trinajstić information content (AvgIpc) is 2.02. The van der Waals surface area contributed by atoms with Gasteiger partial charge in [0, 0.05) is 5.02 Å². The van der Waals surface area contributed by atoms with Crippen LogP contribution in [0.25, 0.3) is 0 Å². The Bertz CT molecular complexity index is 338. The second-order valence-corrected chi connectivity index (χ2v) is 4.29. The predicted molar refractivity (Wildman–Crippen MR) is 56.0 cm³/mol. The number of hydrogen-bond acceptors (Lipinski definition) is 2. The summed E-state index contributed by atoms with van der Waals surface area (Å²) in [6.45, 7) is 0. The van der Waals surface area contributed by atoms with Crippen molar-refractivity contribution >= 4 is 17.5 Å². The van der Waals surface area contributed by atoms with Gasteiger partial charge in [0.2, 0.25) is 0 Å². The van der Waals surface area contributed by atoms with Crippen molar-refractivity contribution in [2.75, 3.05) is 21.1 Å². The van der Waals surface area contributed by atoms with Gasteiger partial charge in [-0.1, -0.05) is 28.8 Å². The lowest BCUT2D eigenvalue weighted by Crippen LogP contribution is -2.33. The zero-order chi connectivity index (χ0) is 10.8. The number of benzene rings is 1. The van der Waals surface area contributed by atoms with Crippen molar-refractivity contribution in [3.8, 4) is 0 Å². The van der Waals surface area contributed by atoms with Gasteiger partial charge in [-0.3, -0.25) is 0 Å². The third kappa shape index (κ3) is 3.36. The van der Waals surface area contributed by atoms with Gasteiger partial charge >= 0.3 is 0 Å². The van der Waals surface area contributed by atoms with E-state index in [0.29, 0.717) is 10.6 Å². The van der Waals surface area contributed by atoms with E-state index < -0.39 is 0 Å². The molecule has 0 aliphatic rings. The summed E-state index contributed by atoms with van der Waals surface area (Å²) >= 11 is 5.70. The molecule has 3 nitrogen and oxygen atoms in total. The van der Waals surface area contributed by atoms with E-state index in [0.717, 1.165) is 0 Å². The van der Waals surface area contributed by atoms with Crippen molar-refractivity contribution in [3.05, 3.63) is 34.9 Å². The van der Waals surface area contributed by atoms with Crippen LogP contribution in [0.3, 0.4) is 0 Å².